The van der Waals surface area contributed by atoms with Crippen molar-refractivity contribution < 1.29 is 0 Å². The van der Waals surface area contributed by atoms with Crippen LogP contribution in [-0.4, -0.2) is 0 Å². The first kappa shape index (κ1) is 8.83. The van der Waals surface area contributed by atoms with Crippen LogP contribution in [0.4, 0.5) is 0 Å². The lowest BCUT2D eigenvalue weighted by Gasteiger charge is -1.97. The van der Waals surface area contributed by atoms with Gasteiger partial charge in [-0.2, -0.15) is 0 Å². The maximum atomic E-state index is 2.46. The summed E-state index contributed by atoms with van der Waals surface area (Å²) >= 11 is 0. The van der Waals surface area contributed by atoms with E-state index in [1.165, 1.54) is 38.5 Å². The molecule has 0 aromatic rings. The maximum Gasteiger partial charge on any atom is -0.00202 e. The van der Waals surface area contributed by atoms with Crippen molar-refractivity contribution in [1.29, 1.82) is 0 Å². The molecule has 0 saturated heterocycles. The second kappa shape index (κ2) is 4.58. The molecule has 0 nitrogen and oxygen atoms in total. The second-order valence-electron chi connectivity index (χ2n) is 3.59. The molecular formula is C11H20. The van der Waals surface area contributed by atoms with Gasteiger partial charge in [0.25, 0.3) is 0 Å². The van der Waals surface area contributed by atoms with Crippen LogP contribution in [0, 0.1) is 5.92 Å². The van der Waals surface area contributed by atoms with Crippen molar-refractivity contribution in [2.45, 2.75) is 52.4 Å². The molecule has 1 rings (SSSR count). The molecule has 1 aliphatic carbocycles. The van der Waals surface area contributed by atoms with Gasteiger partial charge in [-0.1, -0.05) is 44.8 Å². The Balaban J connectivity index is 1.93. The molecule has 0 spiro atoms. The third kappa shape index (κ3) is 3.09. The van der Waals surface area contributed by atoms with Crippen molar-refractivity contribution >= 4 is 0 Å². The number of unbranched alkanes of at least 4 members (excludes halogenated alkanes) is 2. The summed E-state index contributed by atoms with van der Waals surface area (Å²) in [6.45, 7) is 4.54. The molecule has 0 fully saturated rings. The third-order valence-electron chi connectivity index (χ3n) is 2.47. The minimum atomic E-state index is 0.932. The van der Waals surface area contributed by atoms with E-state index in [-0.39, 0.29) is 0 Å². The van der Waals surface area contributed by atoms with Crippen LogP contribution < -0.4 is 0 Å². The van der Waals surface area contributed by atoms with Crippen LogP contribution in [0.5, 0.6) is 0 Å². The highest BCUT2D eigenvalue weighted by Crippen LogP contribution is 2.36. The highest BCUT2D eigenvalue weighted by molar-refractivity contribution is 5.28. The second-order valence-corrected chi connectivity index (χ2v) is 3.59. The Morgan fingerprint density at radius 3 is 2.55 bits per heavy atom. The minimum Gasteiger partial charge on any atom is -0.0775 e. The average molecular weight is 152 g/mol. The highest BCUT2D eigenvalue weighted by Gasteiger charge is 2.21. The van der Waals surface area contributed by atoms with E-state index in [9.17, 15) is 0 Å². The van der Waals surface area contributed by atoms with Gasteiger partial charge in [0.15, 0.2) is 0 Å². The highest BCUT2D eigenvalue weighted by atomic mass is 14.3. The van der Waals surface area contributed by atoms with E-state index in [1.54, 1.807) is 5.57 Å². The molecule has 64 valence electrons. The third-order valence-corrected chi connectivity index (χ3v) is 2.47. The molecule has 0 saturated carbocycles. The van der Waals surface area contributed by atoms with E-state index < -0.39 is 0 Å². The molecule has 11 heavy (non-hydrogen) atoms. The minimum absolute atomic E-state index is 0.932. The van der Waals surface area contributed by atoms with Crippen LogP contribution in [0.1, 0.15) is 52.4 Å². The molecule has 0 N–H and O–H groups in total. The Morgan fingerprint density at radius 2 is 1.91 bits per heavy atom. The Labute approximate surface area is 70.7 Å². The fourth-order valence-electron chi connectivity index (χ4n) is 1.55. The van der Waals surface area contributed by atoms with Gasteiger partial charge < -0.3 is 0 Å². The van der Waals surface area contributed by atoms with Crippen molar-refractivity contribution in [3.8, 4) is 0 Å². The molecule has 1 unspecified atom stereocenters. The number of hydrogen-bond acceptors (Lipinski definition) is 0. The summed E-state index contributed by atoms with van der Waals surface area (Å²) in [4.78, 5) is 0. The molecule has 0 radical (unpaired) electrons. The van der Waals surface area contributed by atoms with Crippen molar-refractivity contribution in [1.82, 2.24) is 0 Å². The number of allylic oxidation sites excluding steroid dienone is 2. The van der Waals surface area contributed by atoms with Gasteiger partial charge in [0.05, 0.1) is 0 Å². The van der Waals surface area contributed by atoms with Gasteiger partial charge in [0, 0.05) is 0 Å². The standard InChI is InChI=1S/C11H20/c1-3-5-7-10-9-11(10)8-6-4-2/h9-10H,3-8H2,1-2H3. The number of hydrogen-bond donors (Lipinski definition) is 0. The molecule has 0 amide bonds. The first-order chi connectivity index (χ1) is 5.38. The van der Waals surface area contributed by atoms with Gasteiger partial charge in [-0.15, -0.1) is 0 Å². The Morgan fingerprint density at radius 1 is 1.18 bits per heavy atom. The van der Waals surface area contributed by atoms with Crippen molar-refractivity contribution in [3.63, 3.8) is 0 Å². The Hall–Kier alpha value is -0.260. The van der Waals surface area contributed by atoms with Gasteiger partial charge in [-0.3, -0.25) is 0 Å². The summed E-state index contributed by atoms with van der Waals surface area (Å²) in [6, 6.07) is 0. The zero-order chi connectivity index (χ0) is 8.10. The predicted octanol–water partition coefficient (Wildman–Crippen LogP) is 3.92. The predicted molar refractivity (Wildman–Crippen MR) is 50.6 cm³/mol. The lowest BCUT2D eigenvalue weighted by atomic mass is 10.1. The van der Waals surface area contributed by atoms with E-state index in [4.69, 9.17) is 0 Å². The summed E-state index contributed by atoms with van der Waals surface area (Å²) in [5.41, 5.74) is 1.75. The van der Waals surface area contributed by atoms with Crippen molar-refractivity contribution in [2.75, 3.05) is 0 Å². The number of rotatable bonds is 6. The molecule has 1 aliphatic rings. The van der Waals surface area contributed by atoms with Crippen molar-refractivity contribution in [3.05, 3.63) is 11.6 Å². The normalized spacial score (nSPS) is 21.6. The Bertz CT molecular complexity index is 133. The summed E-state index contributed by atoms with van der Waals surface area (Å²) in [5, 5.41) is 0. The SMILES string of the molecule is CCCCC1=CC1CCCC. The van der Waals surface area contributed by atoms with Gasteiger partial charge in [-0.25, -0.2) is 0 Å². The fraction of sp³-hybridized carbons (Fsp3) is 0.818. The smallest absolute Gasteiger partial charge is 0.00202 e. The molecular weight excluding hydrogens is 132 g/mol. The molecule has 0 aromatic heterocycles. The lowest BCUT2D eigenvalue weighted by Crippen LogP contribution is -1.82. The lowest BCUT2D eigenvalue weighted by molar-refractivity contribution is 0.654. The van der Waals surface area contributed by atoms with Crippen LogP contribution in [0.2, 0.25) is 0 Å². The van der Waals surface area contributed by atoms with Crippen LogP contribution in [0.15, 0.2) is 11.6 Å². The Kier molecular flexibility index (Phi) is 3.68. The summed E-state index contributed by atoms with van der Waals surface area (Å²) in [5.74, 6) is 0.932. The molecule has 0 bridgehead atoms. The van der Waals surface area contributed by atoms with Gasteiger partial charge in [0.2, 0.25) is 0 Å². The summed E-state index contributed by atoms with van der Waals surface area (Å²) in [6.07, 6.45) is 10.8. The zero-order valence-electron chi connectivity index (χ0n) is 7.90. The summed E-state index contributed by atoms with van der Waals surface area (Å²) < 4.78 is 0. The molecule has 0 aromatic carbocycles. The molecule has 0 heterocycles. The molecule has 0 heteroatoms. The maximum absolute atomic E-state index is 2.46. The van der Waals surface area contributed by atoms with Crippen LogP contribution in [-0.2, 0) is 0 Å². The monoisotopic (exact) mass is 152 g/mol. The molecule has 1 atom stereocenters. The van der Waals surface area contributed by atoms with E-state index in [2.05, 4.69) is 19.9 Å². The summed E-state index contributed by atoms with van der Waals surface area (Å²) in [7, 11) is 0. The van der Waals surface area contributed by atoms with Crippen LogP contribution in [0.3, 0.4) is 0 Å². The van der Waals surface area contributed by atoms with Gasteiger partial charge in [-0.05, 0) is 25.2 Å². The van der Waals surface area contributed by atoms with Crippen LogP contribution >= 0.6 is 0 Å². The fourth-order valence-corrected chi connectivity index (χ4v) is 1.55. The zero-order valence-corrected chi connectivity index (χ0v) is 7.90. The van der Waals surface area contributed by atoms with Gasteiger partial charge in [0.1, 0.15) is 0 Å². The van der Waals surface area contributed by atoms with E-state index >= 15 is 0 Å². The van der Waals surface area contributed by atoms with Gasteiger partial charge >= 0.3 is 0 Å². The first-order valence-corrected chi connectivity index (χ1v) is 5.09. The van der Waals surface area contributed by atoms with Crippen molar-refractivity contribution in [2.24, 2.45) is 5.92 Å². The topological polar surface area (TPSA) is 0 Å². The average Bonchev–Trinajstić information content (AvgIpc) is 2.76. The van der Waals surface area contributed by atoms with E-state index in [0.29, 0.717) is 0 Å². The first-order valence-electron chi connectivity index (χ1n) is 5.09. The van der Waals surface area contributed by atoms with E-state index in [0.717, 1.165) is 5.92 Å². The molecule has 0 aliphatic heterocycles. The quantitative estimate of drug-likeness (QED) is 0.506. The largest absolute Gasteiger partial charge is 0.0775 e. The van der Waals surface area contributed by atoms with Crippen LogP contribution in [0.25, 0.3) is 0 Å². The van der Waals surface area contributed by atoms with E-state index in [1.807, 2.05) is 0 Å².